The third kappa shape index (κ3) is 4.23. The number of nitrogens with one attached hydrogen (secondary N) is 1. The Morgan fingerprint density at radius 2 is 1.77 bits per heavy atom. The highest BCUT2D eigenvalue weighted by Crippen LogP contribution is 2.35. The van der Waals surface area contributed by atoms with Crippen LogP contribution in [-0.2, 0) is 9.59 Å². The van der Waals surface area contributed by atoms with E-state index in [1.807, 2.05) is 30.3 Å². The molecule has 4 rings (SSSR count). The SMILES string of the molecule is CC(C(=O)Nc1ccc(Oc2ccccc2)cc1)N1C(=O)COc2ccc(Cl)cc21. The molecular weight excluding hydrogens is 404 g/mol. The Labute approximate surface area is 179 Å². The molecule has 0 spiro atoms. The van der Waals surface area contributed by atoms with Crippen molar-refractivity contribution in [1.82, 2.24) is 0 Å². The van der Waals surface area contributed by atoms with Crippen molar-refractivity contribution in [3.63, 3.8) is 0 Å². The molecule has 1 heterocycles. The lowest BCUT2D eigenvalue weighted by molar-refractivity contribution is -0.125. The van der Waals surface area contributed by atoms with Gasteiger partial charge in [0.2, 0.25) is 5.91 Å². The van der Waals surface area contributed by atoms with E-state index in [4.69, 9.17) is 21.1 Å². The number of nitrogens with zero attached hydrogens (tertiary/aromatic N) is 1. The summed E-state index contributed by atoms with van der Waals surface area (Å²) in [6.45, 7) is 1.54. The van der Waals surface area contributed by atoms with Crippen molar-refractivity contribution < 1.29 is 19.1 Å². The van der Waals surface area contributed by atoms with Crippen LogP contribution in [-0.4, -0.2) is 24.5 Å². The lowest BCUT2D eigenvalue weighted by Crippen LogP contribution is -2.49. The normalized spacial score (nSPS) is 13.8. The van der Waals surface area contributed by atoms with E-state index in [1.165, 1.54) is 4.90 Å². The molecule has 1 atom stereocenters. The summed E-state index contributed by atoms with van der Waals surface area (Å²) >= 11 is 6.07. The van der Waals surface area contributed by atoms with E-state index in [1.54, 1.807) is 49.4 Å². The number of para-hydroxylation sites is 1. The Morgan fingerprint density at radius 1 is 1.07 bits per heavy atom. The Kier molecular flexibility index (Phi) is 5.59. The molecule has 6 nitrogen and oxygen atoms in total. The van der Waals surface area contributed by atoms with E-state index in [0.29, 0.717) is 27.9 Å². The lowest BCUT2D eigenvalue weighted by Gasteiger charge is -2.33. The van der Waals surface area contributed by atoms with E-state index >= 15 is 0 Å². The number of halogens is 1. The largest absolute Gasteiger partial charge is 0.482 e. The van der Waals surface area contributed by atoms with Gasteiger partial charge in [-0.2, -0.15) is 0 Å². The van der Waals surface area contributed by atoms with Gasteiger partial charge in [0.1, 0.15) is 23.3 Å². The third-order valence-corrected chi connectivity index (χ3v) is 4.90. The molecule has 0 radical (unpaired) electrons. The van der Waals surface area contributed by atoms with Crippen molar-refractivity contribution in [2.45, 2.75) is 13.0 Å². The molecule has 30 heavy (non-hydrogen) atoms. The molecule has 2 amide bonds. The average molecular weight is 423 g/mol. The molecule has 0 fully saturated rings. The first-order valence-electron chi connectivity index (χ1n) is 9.39. The number of hydrogen-bond acceptors (Lipinski definition) is 4. The van der Waals surface area contributed by atoms with Crippen molar-refractivity contribution in [2.75, 3.05) is 16.8 Å². The molecule has 1 N–H and O–H groups in total. The smallest absolute Gasteiger partial charge is 0.265 e. The Morgan fingerprint density at radius 3 is 2.50 bits per heavy atom. The number of hydrogen-bond donors (Lipinski definition) is 1. The summed E-state index contributed by atoms with van der Waals surface area (Å²) in [5.74, 6) is 1.26. The maximum Gasteiger partial charge on any atom is 0.265 e. The van der Waals surface area contributed by atoms with Crippen LogP contribution in [0.3, 0.4) is 0 Å². The molecule has 0 aliphatic carbocycles. The summed E-state index contributed by atoms with van der Waals surface area (Å²) in [5.41, 5.74) is 1.08. The van der Waals surface area contributed by atoms with Crippen LogP contribution in [0.5, 0.6) is 17.2 Å². The van der Waals surface area contributed by atoms with Crippen LogP contribution >= 0.6 is 11.6 Å². The fraction of sp³-hybridized carbons (Fsp3) is 0.130. The second-order valence-corrected chi connectivity index (χ2v) is 7.21. The zero-order valence-corrected chi connectivity index (χ0v) is 16.9. The molecule has 1 aliphatic rings. The minimum Gasteiger partial charge on any atom is -0.482 e. The summed E-state index contributed by atoms with van der Waals surface area (Å²) in [5, 5.41) is 3.29. The van der Waals surface area contributed by atoms with E-state index in [0.717, 1.165) is 5.75 Å². The maximum absolute atomic E-state index is 12.8. The predicted octanol–water partition coefficient (Wildman–Crippen LogP) is 4.88. The standard InChI is InChI=1S/C23H19ClN2O4/c1-15(26-20-13-16(24)7-12-21(20)29-14-22(26)27)23(28)25-17-8-10-19(11-9-17)30-18-5-3-2-4-6-18/h2-13,15H,14H2,1H3,(H,25,28). The van der Waals surface area contributed by atoms with Crippen LogP contribution in [0.1, 0.15) is 6.92 Å². The summed E-state index contributed by atoms with van der Waals surface area (Å²) in [6, 6.07) is 20.7. The molecule has 0 saturated carbocycles. The Bertz CT molecular complexity index is 1070. The monoisotopic (exact) mass is 422 g/mol. The molecule has 152 valence electrons. The topological polar surface area (TPSA) is 67.9 Å². The Hall–Kier alpha value is -3.51. The van der Waals surface area contributed by atoms with Crippen LogP contribution in [0.25, 0.3) is 0 Å². The molecule has 3 aromatic rings. The highest BCUT2D eigenvalue weighted by molar-refractivity contribution is 6.31. The molecule has 0 saturated heterocycles. The minimum atomic E-state index is -0.751. The number of rotatable bonds is 5. The lowest BCUT2D eigenvalue weighted by atomic mass is 10.1. The highest BCUT2D eigenvalue weighted by atomic mass is 35.5. The van der Waals surface area contributed by atoms with Gasteiger partial charge >= 0.3 is 0 Å². The number of carbonyl (C=O) groups excluding carboxylic acids is 2. The van der Waals surface area contributed by atoms with Gasteiger partial charge in [0.25, 0.3) is 5.91 Å². The summed E-state index contributed by atoms with van der Waals surface area (Å²) in [4.78, 5) is 26.7. The maximum atomic E-state index is 12.8. The molecule has 7 heteroatoms. The van der Waals surface area contributed by atoms with Crippen LogP contribution in [0.15, 0.2) is 72.8 Å². The molecule has 0 aromatic heterocycles. The minimum absolute atomic E-state index is 0.127. The quantitative estimate of drug-likeness (QED) is 0.636. The first-order valence-corrected chi connectivity index (χ1v) is 9.77. The van der Waals surface area contributed by atoms with Gasteiger partial charge in [-0.3, -0.25) is 14.5 Å². The molecule has 3 aromatic carbocycles. The summed E-state index contributed by atoms with van der Waals surface area (Å²) in [6.07, 6.45) is 0. The zero-order chi connectivity index (χ0) is 21.1. The molecule has 0 bridgehead atoms. The van der Waals surface area contributed by atoms with Gasteiger partial charge in [0, 0.05) is 10.7 Å². The van der Waals surface area contributed by atoms with Crippen LogP contribution < -0.4 is 19.7 Å². The Balaban J connectivity index is 1.46. The van der Waals surface area contributed by atoms with Crippen LogP contribution in [0, 0.1) is 0 Å². The number of fused-ring (bicyclic) bond motifs is 1. The first kappa shape index (κ1) is 19.8. The van der Waals surface area contributed by atoms with Gasteiger partial charge in [-0.15, -0.1) is 0 Å². The van der Waals surface area contributed by atoms with E-state index in [2.05, 4.69) is 5.32 Å². The number of amides is 2. The van der Waals surface area contributed by atoms with Crippen LogP contribution in [0.2, 0.25) is 5.02 Å². The van der Waals surface area contributed by atoms with E-state index in [9.17, 15) is 9.59 Å². The van der Waals surface area contributed by atoms with Gasteiger partial charge in [-0.25, -0.2) is 0 Å². The highest BCUT2D eigenvalue weighted by Gasteiger charge is 2.33. The number of ether oxygens (including phenoxy) is 2. The summed E-state index contributed by atoms with van der Waals surface area (Å²) in [7, 11) is 0. The second kappa shape index (κ2) is 8.47. The van der Waals surface area contributed by atoms with Crippen LogP contribution in [0.4, 0.5) is 11.4 Å². The average Bonchev–Trinajstić information content (AvgIpc) is 2.75. The third-order valence-electron chi connectivity index (χ3n) is 4.67. The fourth-order valence-electron chi connectivity index (χ4n) is 3.16. The number of benzene rings is 3. The van der Waals surface area contributed by atoms with E-state index < -0.39 is 6.04 Å². The fourth-order valence-corrected chi connectivity index (χ4v) is 3.33. The van der Waals surface area contributed by atoms with E-state index in [-0.39, 0.29) is 18.4 Å². The van der Waals surface area contributed by atoms with Crippen molar-refractivity contribution in [3.8, 4) is 17.2 Å². The predicted molar refractivity (Wildman–Crippen MR) is 115 cm³/mol. The van der Waals surface area contributed by atoms with Gasteiger partial charge in [0.05, 0.1) is 5.69 Å². The summed E-state index contributed by atoms with van der Waals surface area (Å²) < 4.78 is 11.2. The van der Waals surface area contributed by atoms with Crippen molar-refractivity contribution in [1.29, 1.82) is 0 Å². The van der Waals surface area contributed by atoms with Crippen molar-refractivity contribution >= 4 is 34.8 Å². The number of anilines is 2. The molecule has 1 aliphatic heterocycles. The van der Waals surface area contributed by atoms with Gasteiger partial charge in [0.15, 0.2) is 6.61 Å². The van der Waals surface area contributed by atoms with Crippen molar-refractivity contribution in [2.24, 2.45) is 0 Å². The van der Waals surface area contributed by atoms with Gasteiger partial charge < -0.3 is 14.8 Å². The molecular formula is C23H19ClN2O4. The van der Waals surface area contributed by atoms with Crippen molar-refractivity contribution in [3.05, 3.63) is 77.8 Å². The molecule has 1 unspecified atom stereocenters. The van der Waals surface area contributed by atoms with Gasteiger partial charge in [-0.1, -0.05) is 29.8 Å². The second-order valence-electron chi connectivity index (χ2n) is 6.77. The van der Waals surface area contributed by atoms with Gasteiger partial charge in [-0.05, 0) is 61.5 Å². The first-order chi connectivity index (χ1) is 14.5. The number of carbonyl (C=O) groups is 2. The zero-order valence-electron chi connectivity index (χ0n) is 16.2.